The van der Waals surface area contributed by atoms with E-state index < -0.39 is 0 Å². The molecule has 0 bridgehead atoms. The molecule has 0 amide bonds. The molecule has 162 valence electrons. The lowest BCUT2D eigenvalue weighted by Crippen LogP contribution is -2.17. The third-order valence-corrected chi connectivity index (χ3v) is 4.97. The van der Waals surface area contributed by atoms with Crippen LogP contribution in [0.1, 0.15) is 29.3 Å². The number of para-hydroxylation sites is 2. The fraction of sp³-hybridized carbons (Fsp3) is 0.292. The second kappa shape index (κ2) is 10.0. The molecule has 1 heterocycles. The highest BCUT2D eigenvalue weighted by molar-refractivity contribution is 6.07. The van der Waals surface area contributed by atoms with E-state index in [1.807, 2.05) is 76.3 Å². The van der Waals surface area contributed by atoms with Crippen molar-refractivity contribution in [2.45, 2.75) is 27.0 Å². The lowest BCUT2D eigenvalue weighted by molar-refractivity contribution is 0.306. The highest BCUT2D eigenvalue weighted by Gasteiger charge is 2.16. The molecule has 0 fully saturated rings. The van der Waals surface area contributed by atoms with Gasteiger partial charge in [0.25, 0.3) is 0 Å². The molecule has 7 heteroatoms. The highest BCUT2D eigenvalue weighted by Crippen LogP contribution is 2.31. The van der Waals surface area contributed by atoms with E-state index in [1.165, 1.54) is 5.56 Å². The van der Waals surface area contributed by atoms with Gasteiger partial charge in [-0.3, -0.25) is 0 Å². The van der Waals surface area contributed by atoms with Crippen molar-refractivity contribution < 1.29 is 4.74 Å². The average Bonchev–Trinajstić information content (AvgIpc) is 2.74. The number of aromatic nitrogens is 2. The molecule has 1 aromatic heterocycles. The summed E-state index contributed by atoms with van der Waals surface area (Å²) in [6.45, 7) is 5.07. The Labute approximate surface area is 184 Å². The van der Waals surface area contributed by atoms with Crippen LogP contribution in [0.5, 0.6) is 5.75 Å². The maximum absolute atomic E-state index is 6.40. The van der Waals surface area contributed by atoms with Crippen molar-refractivity contribution in [3.8, 4) is 5.75 Å². The van der Waals surface area contributed by atoms with Crippen LogP contribution in [0.4, 0.5) is 17.2 Å². The van der Waals surface area contributed by atoms with Gasteiger partial charge in [-0.05, 0) is 44.2 Å². The van der Waals surface area contributed by atoms with Crippen LogP contribution in [-0.2, 0) is 13.2 Å². The van der Waals surface area contributed by atoms with E-state index >= 15 is 0 Å². The second-order valence-corrected chi connectivity index (χ2v) is 7.54. The van der Waals surface area contributed by atoms with E-state index in [0.29, 0.717) is 23.9 Å². The molecule has 0 aliphatic heterocycles. The highest BCUT2D eigenvalue weighted by atomic mass is 16.5. The number of ether oxygens (including phenoxy) is 1. The van der Waals surface area contributed by atoms with Gasteiger partial charge < -0.3 is 20.7 Å². The summed E-state index contributed by atoms with van der Waals surface area (Å²) < 4.78 is 6.17. The molecule has 3 N–H and O–H groups in total. The van der Waals surface area contributed by atoms with E-state index in [0.717, 1.165) is 34.8 Å². The summed E-state index contributed by atoms with van der Waals surface area (Å²) in [4.78, 5) is 6.68. The maximum Gasteiger partial charge on any atom is 0.174 e. The molecule has 2 aromatic carbocycles. The number of nitrogens with one attached hydrogen (secondary N) is 1. The van der Waals surface area contributed by atoms with Gasteiger partial charge >= 0.3 is 0 Å². The van der Waals surface area contributed by atoms with Crippen LogP contribution in [0.3, 0.4) is 0 Å². The van der Waals surface area contributed by atoms with E-state index in [-0.39, 0.29) is 0 Å². The second-order valence-electron chi connectivity index (χ2n) is 7.54. The molecule has 0 saturated heterocycles. The third kappa shape index (κ3) is 5.19. The van der Waals surface area contributed by atoms with Crippen LogP contribution in [0, 0.1) is 6.92 Å². The van der Waals surface area contributed by atoms with Crippen molar-refractivity contribution in [2.75, 3.05) is 31.8 Å². The van der Waals surface area contributed by atoms with Crippen LogP contribution < -0.4 is 20.7 Å². The van der Waals surface area contributed by atoms with Gasteiger partial charge in [-0.1, -0.05) is 36.4 Å². The van der Waals surface area contributed by atoms with E-state index in [9.17, 15) is 0 Å². The molecule has 0 radical (unpaired) electrons. The van der Waals surface area contributed by atoms with Crippen molar-refractivity contribution in [1.82, 2.24) is 15.5 Å². The summed E-state index contributed by atoms with van der Waals surface area (Å²) in [7, 11) is 5.72. The van der Waals surface area contributed by atoms with Gasteiger partial charge in [-0.2, -0.15) is 5.10 Å². The van der Waals surface area contributed by atoms with Gasteiger partial charge in [0.2, 0.25) is 0 Å². The monoisotopic (exact) mass is 418 g/mol. The molecule has 0 aliphatic rings. The van der Waals surface area contributed by atoms with Gasteiger partial charge in [-0.15, -0.1) is 5.10 Å². The Morgan fingerprint density at radius 3 is 2.45 bits per heavy atom. The topological polar surface area (TPSA) is 88.7 Å². The molecule has 31 heavy (non-hydrogen) atoms. The minimum atomic E-state index is 0.464. The standard InChI is InChI=1S/C24H30N6O/c1-16(22-17(2)28-29-24(23(22)25)30(4)5)27-20-12-8-9-13-21(20)31-15-19-11-7-6-10-18(19)14-26-3/h6-13,26H,14-15H2,1-5H3,(H2,25,28). The first-order chi connectivity index (χ1) is 14.9. The van der Waals surface area contributed by atoms with Gasteiger partial charge in [0, 0.05) is 31.9 Å². The number of nitrogen functional groups attached to an aromatic ring is 1. The van der Waals surface area contributed by atoms with Crippen LogP contribution in [0.25, 0.3) is 0 Å². The van der Waals surface area contributed by atoms with E-state index in [2.05, 4.69) is 27.6 Å². The van der Waals surface area contributed by atoms with Crippen molar-refractivity contribution in [1.29, 1.82) is 0 Å². The maximum atomic E-state index is 6.40. The predicted octanol–water partition coefficient (Wildman–Crippen LogP) is 3.87. The van der Waals surface area contributed by atoms with Crippen molar-refractivity contribution in [3.63, 3.8) is 0 Å². The molecular weight excluding hydrogens is 388 g/mol. The van der Waals surface area contributed by atoms with Crippen LogP contribution in [-0.4, -0.2) is 37.1 Å². The lowest BCUT2D eigenvalue weighted by atomic mass is 10.1. The average molecular weight is 419 g/mol. The number of nitrogens with zero attached hydrogens (tertiary/aromatic N) is 4. The molecule has 3 rings (SSSR count). The molecule has 0 atom stereocenters. The molecule has 0 saturated carbocycles. The largest absolute Gasteiger partial charge is 0.487 e. The summed E-state index contributed by atoms with van der Waals surface area (Å²) in [5, 5.41) is 11.7. The lowest BCUT2D eigenvalue weighted by Gasteiger charge is -2.17. The number of aliphatic imine (C=N–C) groups is 1. The Bertz CT molecular complexity index is 1080. The number of anilines is 2. The zero-order valence-corrected chi connectivity index (χ0v) is 18.8. The van der Waals surface area contributed by atoms with Crippen molar-refractivity contribution >= 4 is 22.9 Å². The number of hydrogen-bond acceptors (Lipinski definition) is 7. The molecular formula is C24H30N6O. The first-order valence-corrected chi connectivity index (χ1v) is 10.2. The quantitative estimate of drug-likeness (QED) is 0.540. The first kappa shape index (κ1) is 22.2. The molecule has 0 unspecified atom stereocenters. The fourth-order valence-corrected chi connectivity index (χ4v) is 3.44. The van der Waals surface area contributed by atoms with Crippen molar-refractivity contribution in [2.24, 2.45) is 4.99 Å². The Morgan fingerprint density at radius 1 is 1.06 bits per heavy atom. The molecule has 0 aliphatic carbocycles. The number of aryl methyl sites for hydroxylation is 1. The third-order valence-electron chi connectivity index (χ3n) is 4.97. The summed E-state index contributed by atoms with van der Waals surface area (Å²) in [5.41, 5.74) is 12.4. The summed E-state index contributed by atoms with van der Waals surface area (Å²) >= 11 is 0. The SMILES string of the molecule is CNCc1ccccc1COc1ccccc1N=C(C)c1c(C)nnc(N(C)C)c1N. The van der Waals surface area contributed by atoms with Gasteiger partial charge in [0.1, 0.15) is 18.0 Å². The van der Waals surface area contributed by atoms with Crippen molar-refractivity contribution in [3.05, 3.63) is 70.9 Å². The summed E-state index contributed by atoms with van der Waals surface area (Å²) in [6, 6.07) is 16.0. The minimum absolute atomic E-state index is 0.464. The zero-order chi connectivity index (χ0) is 22.4. The van der Waals surface area contributed by atoms with Crippen LogP contribution >= 0.6 is 0 Å². The summed E-state index contributed by atoms with van der Waals surface area (Å²) in [5.74, 6) is 1.34. The number of hydrogen-bond donors (Lipinski definition) is 2. The predicted molar refractivity (Wildman–Crippen MR) is 127 cm³/mol. The van der Waals surface area contributed by atoms with Crippen LogP contribution in [0.2, 0.25) is 0 Å². The minimum Gasteiger partial charge on any atom is -0.487 e. The van der Waals surface area contributed by atoms with E-state index in [4.69, 9.17) is 15.5 Å². The number of rotatable bonds is 8. The van der Waals surface area contributed by atoms with Gasteiger partial charge in [0.15, 0.2) is 5.82 Å². The number of benzene rings is 2. The first-order valence-electron chi connectivity index (χ1n) is 10.2. The summed E-state index contributed by atoms with van der Waals surface area (Å²) in [6.07, 6.45) is 0. The Kier molecular flexibility index (Phi) is 7.20. The fourth-order valence-electron chi connectivity index (χ4n) is 3.44. The van der Waals surface area contributed by atoms with Gasteiger partial charge in [-0.25, -0.2) is 4.99 Å². The Morgan fingerprint density at radius 2 is 1.74 bits per heavy atom. The van der Waals surface area contributed by atoms with Crippen LogP contribution in [0.15, 0.2) is 53.5 Å². The molecule has 7 nitrogen and oxygen atoms in total. The van der Waals surface area contributed by atoms with E-state index in [1.54, 1.807) is 0 Å². The Hall–Kier alpha value is -3.45. The molecule has 0 spiro atoms. The Balaban J connectivity index is 1.91. The smallest absolute Gasteiger partial charge is 0.174 e. The normalized spacial score (nSPS) is 11.5. The zero-order valence-electron chi connectivity index (χ0n) is 18.8. The molecule has 3 aromatic rings. The van der Waals surface area contributed by atoms with Gasteiger partial charge in [0.05, 0.1) is 11.4 Å². The number of nitrogens with two attached hydrogens (primary N) is 1.